The average molecular weight is 252 g/mol. The van der Waals surface area contributed by atoms with Gasteiger partial charge in [-0.2, -0.15) is 5.26 Å². The molecule has 1 rings (SSSR count). The van der Waals surface area contributed by atoms with E-state index in [1.807, 2.05) is 6.07 Å². The van der Waals surface area contributed by atoms with E-state index >= 15 is 0 Å². The van der Waals surface area contributed by atoms with E-state index in [2.05, 4.69) is 22.5 Å². The Balaban J connectivity index is 2.11. The Hall–Kier alpha value is -1.12. The zero-order valence-electron chi connectivity index (χ0n) is 11.2. The number of rotatable bonds is 7. The molecule has 0 spiro atoms. The van der Waals surface area contributed by atoms with Gasteiger partial charge in [0, 0.05) is 6.54 Å². The van der Waals surface area contributed by atoms with Gasteiger partial charge in [-0.3, -0.25) is 9.69 Å². The molecule has 2 N–H and O–H groups in total. The van der Waals surface area contributed by atoms with E-state index in [9.17, 15) is 4.79 Å². The quantitative estimate of drug-likeness (QED) is 0.641. The van der Waals surface area contributed by atoms with Gasteiger partial charge >= 0.3 is 0 Å². The van der Waals surface area contributed by atoms with Crippen molar-refractivity contribution in [2.24, 2.45) is 5.92 Å². The molecule has 102 valence electrons. The summed E-state index contributed by atoms with van der Waals surface area (Å²) in [6, 6.07) is 2.02. The molecule has 5 nitrogen and oxygen atoms in total. The second-order valence-corrected chi connectivity index (χ2v) is 4.79. The van der Waals surface area contributed by atoms with Gasteiger partial charge < -0.3 is 10.6 Å². The lowest BCUT2D eigenvalue weighted by molar-refractivity contribution is -0.122. The Kier molecular flexibility index (Phi) is 7.38. The normalized spacial score (nSPS) is 17.3. The van der Waals surface area contributed by atoms with Gasteiger partial charge in [0.1, 0.15) is 0 Å². The third-order valence-electron chi connectivity index (χ3n) is 3.32. The molecule has 1 fully saturated rings. The van der Waals surface area contributed by atoms with Crippen molar-refractivity contribution in [2.45, 2.75) is 26.2 Å². The molecule has 1 amide bonds. The maximum atomic E-state index is 11.6. The van der Waals surface area contributed by atoms with Crippen LogP contribution in [0.2, 0.25) is 0 Å². The summed E-state index contributed by atoms with van der Waals surface area (Å²) in [5.74, 6) is 0.790. The minimum absolute atomic E-state index is 0.0374. The molecule has 0 unspecified atom stereocenters. The Morgan fingerprint density at radius 2 is 2.17 bits per heavy atom. The predicted molar refractivity (Wildman–Crippen MR) is 70.9 cm³/mol. The van der Waals surface area contributed by atoms with Gasteiger partial charge in [-0.1, -0.05) is 6.92 Å². The molecule has 1 heterocycles. The van der Waals surface area contributed by atoms with Crippen LogP contribution < -0.4 is 10.6 Å². The molecular weight excluding hydrogens is 228 g/mol. The number of hydrogen-bond donors (Lipinski definition) is 2. The number of amides is 1. The lowest BCUT2D eigenvalue weighted by atomic mass is 9.97. The molecule has 0 radical (unpaired) electrons. The van der Waals surface area contributed by atoms with Crippen molar-refractivity contribution in [3.05, 3.63) is 0 Å². The largest absolute Gasteiger partial charge is 0.354 e. The lowest BCUT2D eigenvalue weighted by Gasteiger charge is -2.31. The first-order valence-corrected chi connectivity index (χ1v) is 6.83. The number of likely N-dealkylation sites (tertiary alicyclic amines) is 1. The number of carbonyl (C=O) groups is 1. The van der Waals surface area contributed by atoms with Crippen LogP contribution in [0.3, 0.4) is 0 Å². The van der Waals surface area contributed by atoms with Gasteiger partial charge in [-0.05, 0) is 44.9 Å². The molecule has 0 atom stereocenters. The van der Waals surface area contributed by atoms with Crippen LogP contribution in [0.15, 0.2) is 0 Å². The van der Waals surface area contributed by atoms with Crippen molar-refractivity contribution in [2.75, 3.05) is 39.3 Å². The summed E-state index contributed by atoms with van der Waals surface area (Å²) in [6.07, 6.45) is 2.72. The minimum atomic E-state index is 0.0374. The molecule has 0 saturated carbocycles. The Bertz CT molecular complexity index is 279. The van der Waals surface area contributed by atoms with E-state index in [1.54, 1.807) is 0 Å². The first-order chi connectivity index (χ1) is 8.76. The van der Waals surface area contributed by atoms with Crippen LogP contribution in [0, 0.1) is 17.2 Å². The number of nitrogens with zero attached hydrogens (tertiary/aromatic N) is 2. The first kappa shape index (κ1) is 14.9. The van der Waals surface area contributed by atoms with Gasteiger partial charge in [0.2, 0.25) is 5.91 Å². The summed E-state index contributed by atoms with van der Waals surface area (Å²) in [7, 11) is 0. The highest BCUT2D eigenvalue weighted by Gasteiger charge is 2.20. The molecule has 18 heavy (non-hydrogen) atoms. The van der Waals surface area contributed by atoms with E-state index in [4.69, 9.17) is 5.26 Å². The van der Waals surface area contributed by atoms with Crippen LogP contribution in [0.1, 0.15) is 26.2 Å². The number of hydrogen-bond acceptors (Lipinski definition) is 4. The van der Waals surface area contributed by atoms with Gasteiger partial charge in [0.05, 0.1) is 19.0 Å². The number of nitriles is 1. The molecule has 0 aromatic heterocycles. The highest BCUT2D eigenvalue weighted by molar-refractivity contribution is 5.78. The van der Waals surface area contributed by atoms with Crippen molar-refractivity contribution in [3.8, 4) is 6.07 Å². The van der Waals surface area contributed by atoms with Crippen molar-refractivity contribution in [3.63, 3.8) is 0 Å². The Labute approximate surface area is 110 Å². The fourth-order valence-corrected chi connectivity index (χ4v) is 2.21. The molecule has 1 aliphatic rings. The predicted octanol–water partition coefficient (Wildman–Crippen LogP) is 0.338. The van der Waals surface area contributed by atoms with E-state index in [1.165, 1.54) is 12.8 Å². The fourth-order valence-electron chi connectivity index (χ4n) is 2.21. The van der Waals surface area contributed by atoms with Crippen LogP contribution >= 0.6 is 0 Å². The van der Waals surface area contributed by atoms with Crippen molar-refractivity contribution in [1.82, 2.24) is 15.5 Å². The van der Waals surface area contributed by atoms with Crippen LogP contribution in [0.5, 0.6) is 0 Å². The van der Waals surface area contributed by atoms with Crippen molar-refractivity contribution in [1.29, 1.82) is 5.26 Å². The number of piperidine rings is 1. The molecular formula is C13H24N4O. The minimum Gasteiger partial charge on any atom is -0.354 e. The maximum absolute atomic E-state index is 11.6. The fraction of sp³-hybridized carbons (Fsp3) is 0.846. The summed E-state index contributed by atoms with van der Waals surface area (Å²) >= 11 is 0. The van der Waals surface area contributed by atoms with Crippen LogP contribution in [-0.2, 0) is 4.79 Å². The smallest absolute Gasteiger partial charge is 0.234 e. The van der Waals surface area contributed by atoms with Gasteiger partial charge in [0.25, 0.3) is 0 Å². The lowest BCUT2D eigenvalue weighted by Crippen LogP contribution is -2.43. The van der Waals surface area contributed by atoms with Crippen LogP contribution in [-0.4, -0.2) is 50.1 Å². The summed E-state index contributed by atoms with van der Waals surface area (Å²) in [6.45, 7) is 7.19. The van der Waals surface area contributed by atoms with Crippen LogP contribution in [0.4, 0.5) is 0 Å². The standard InChI is InChI=1S/C13H24N4O/c1-2-15-10-12-4-8-17(9-5-12)11-13(18)16-7-3-6-14/h12,15H,2-5,7-11H2,1H3,(H,16,18). The maximum Gasteiger partial charge on any atom is 0.234 e. The van der Waals surface area contributed by atoms with E-state index in [-0.39, 0.29) is 5.91 Å². The highest BCUT2D eigenvalue weighted by atomic mass is 16.2. The van der Waals surface area contributed by atoms with Gasteiger partial charge in [-0.15, -0.1) is 0 Å². The third-order valence-corrected chi connectivity index (χ3v) is 3.32. The van der Waals surface area contributed by atoms with Crippen molar-refractivity contribution >= 4 is 5.91 Å². The summed E-state index contributed by atoms with van der Waals surface area (Å²) in [5, 5.41) is 14.5. The van der Waals surface area contributed by atoms with Crippen LogP contribution in [0.25, 0.3) is 0 Å². The Morgan fingerprint density at radius 1 is 1.44 bits per heavy atom. The van der Waals surface area contributed by atoms with Crippen molar-refractivity contribution < 1.29 is 4.79 Å². The molecule has 0 aromatic rings. The monoisotopic (exact) mass is 252 g/mol. The zero-order valence-corrected chi connectivity index (χ0v) is 11.2. The SMILES string of the molecule is CCNCC1CCN(CC(=O)NCCC#N)CC1. The zero-order chi connectivity index (χ0) is 13.2. The molecule has 5 heteroatoms. The number of carbonyl (C=O) groups excluding carboxylic acids is 1. The second kappa shape index (κ2) is 8.90. The summed E-state index contributed by atoms with van der Waals surface area (Å²) in [4.78, 5) is 13.8. The Morgan fingerprint density at radius 3 is 2.78 bits per heavy atom. The number of nitrogens with one attached hydrogen (secondary N) is 2. The summed E-state index contributed by atoms with van der Waals surface area (Å²) < 4.78 is 0. The molecule has 0 aromatic carbocycles. The second-order valence-electron chi connectivity index (χ2n) is 4.79. The average Bonchev–Trinajstić information content (AvgIpc) is 2.38. The first-order valence-electron chi connectivity index (χ1n) is 6.83. The topological polar surface area (TPSA) is 68.2 Å². The molecule has 0 bridgehead atoms. The summed E-state index contributed by atoms with van der Waals surface area (Å²) in [5.41, 5.74) is 0. The molecule has 1 saturated heterocycles. The van der Waals surface area contributed by atoms with E-state index in [0.717, 1.165) is 32.1 Å². The third kappa shape index (κ3) is 5.99. The molecule has 1 aliphatic heterocycles. The van der Waals surface area contributed by atoms with E-state index < -0.39 is 0 Å². The van der Waals surface area contributed by atoms with Gasteiger partial charge in [-0.25, -0.2) is 0 Å². The van der Waals surface area contributed by atoms with Gasteiger partial charge in [0.15, 0.2) is 0 Å². The van der Waals surface area contributed by atoms with E-state index in [0.29, 0.717) is 19.5 Å². The highest BCUT2D eigenvalue weighted by Crippen LogP contribution is 2.15. The molecule has 0 aliphatic carbocycles.